The van der Waals surface area contributed by atoms with Crippen LogP contribution in [-0.2, 0) is 21.7 Å². The number of nitrogens with zero attached hydrogens (tertiary/aromatic N) is 2. The Balaban J connectivity index is 0.000000230. The summed E-state index contributed by atoms with van der Waals surface area (Å²) in [5.41, 5.74) is 2.95. The molecule has 0 radical (unpaired) electrons. The van der Waals surface area contributed by atoms with Crippen LogP contribution in [0.1, 0.15) is 65.4 Å². The molecule has 0 aliphatic heterocycles. The molecule has 2 amide bonds. The van der Waals surface area contributed by atoms with E-state index in [1.165, 1.54) is 0 Å². The monoisotopic (exact) mass is 906 g/mol. The van der Waals surface area contributed by atoms with Crippen molar-refractivity contribution in [3.63, 3.8) is 0 Å². The van der Waals surface area contributed by atoms with Crippen LogP contribution in [0, 0.1) is 61.4 Å². The van der Waals surface area contributed by atoms with Crippen LogP contribution in [0.2, 0.25) is 0 Å². The number of anilines is 2. The fraction of sp³-hybridized carbons (Fsp3) is 0.111. The first-order chi connectivity index (χ1) is 30.9. The van der Waals surface area contributed by atoms with Crippen LogP contribution in [0.4, 0.5) is 28.9 Å². The van der Waals surface area contributed by atoms with E-state index in [-0.39, 0.29) is 68.9 Å². The van der Waals surface area contributed by atoms with Crippen LogP contribution in [0.3, 0.4) is 0 Å². The molecule has 0 unspecified atom stereocenters. The van der Waals surface area contributed by atoms with Crippen LogP contribution < -0.4 is 9.80 Å². The molecule has 6 aromatic carbocycles. The number of amides is 2. The molecule has 0 N–H and O–H groups in total. The van der Waals surface area contributed by atoms with Gasteiger partial charge in [0.1, 0.15) is 0 Å². The quantitative estimate of drug-likeness (QED) is 0.0594. The van der Waals surface area contributed by atoms with Gasteiger partial charge in [0.05, 0.1) is 13.1 Å². The summed E-state index contributed by atoms with van der Waals surface area (Å²) >= 11 is 0. The van der Waals surface area contributed by atoms with Crippen LogP contribution in [0.15, 0.2) is 170 Å². The Kier molecular flexibility index (Phi) is 20.2. The normalized spacial score (nSPS) is 11.4. The molecule has 0 spiro atoms. The Morgan fingerprint density at radius 3 is 1.11 bits per heavy atom. The Morgan fingerprint density at radius 1 is 0.477 bits per heavy atom. The second kappa shape index (κ2) is 25.9. The van der Waals surface area contributed by atoms with Crippen molar-refractivity contribution < 1.29 is 58.5 Å². The number of hydrogen-bond donors (Lipinski definition) is 0. The number of hydrogen-bond acceptors (Lipinski definition) is 4. The topological polar surface area (TPSA) is 74.8 Å². The number of aryl methyl sites for hydroxylation is 2. The van der Waals surface area contributed by atoms with E-state index in [4.69, 9.17) is 0 Å². The molecule has 11 heteroatoms. The molecule has 0 atom stereocenters. The summed E-state index contributed by atoms with van der Waals surface area (Å²) in [6.45, 7) is 3.02. The molecule has 8 rings (SSSR count). The third-order valence-electron chi connectivity index (χ3n) is 9.32. The summed E-state index contributed by atoms with van der Waals surface area (Å²) in [5, 5.41) is 0. The molecule has 0 bridgehead atoms. The maximum atomic E-state index is 14.3. The molecule has 0 fully saturated rings. The van der Waals surface area contributed by atoms with Gasteiger partial charge in [-0.2, -0.15) is 12.2 Å². The SMILES string of the molecule is Cc1ccc(C(=O)CN(C(=O)c2ccccc2)c2ccc(F)[c-]c2F)cc1.Cc1ccc(C(=O)CN(C(=O)c2ccccc2)c2ccc(F)[c-]c2F)cc1.[C-]1=CC=CC1.[C-]1=CC=CC1.[Ti+4]. The zero-order valence-corrected chi connectivity index (χ0v) is 37.1. The summed E-state index contributed by atoms with van der Waals surface area (Å²) in [7, 11) is 0. The van der Waals surface area contributed by atoms with E-state index in [2.05, 4.69) is 24.3 Å². The molecule has 65 heavy (non-hydrogen) atoms. The Bertz CT molecular complexity index is 2440. The molecular weight excluding hydrogens is 864 g/mol. The first-order valence-electron chi connectivity index (χ1n) is 20.0. The zero-order valence-electron chi connectivity index (χ0n) is 35.5. The first kappa shape index (κ1) is 50.6. The van der Waals surface area contributed by atoms with Crippen LogP contribution >= 0.6 is 0 Å². The molecular formula is C54H42F4N2O4Ti. The summed E-state index contributed by atoms with van der Waals surface area (Å²) in [5.74, 6) is -5.66. The zero-order chi connectivity index (χ0) is 45.8. The summed E-state index contributed by atoms with van der Waals surface area (Å²) in [4.78, 5) is 53.1. The molecule has 324 valence electrons. The average molecular weight is 907 g/mol. The molecule has 0 heterocycles. The average Bonchev–Trinajstić information content (AvgIpc) is 4.10. The minimum absolute atomic E-state index is 0. The maximum absolute atomic E-state index is 14.3. The number of benzene rings is 6. The second-order valence-electron chi connectivity index (χ2n) is 14.1. The smallest absolute Gasteiger partial charge is 0.352 e. The van der Waals surface area contributed by atoms with E-state index in [0.29, 0.717) is 11.1 Å². The Morgan fingerprint density at radius 2 is 0.831 bits per heavy atom. The standard InChI is InChI=1S/2C22H16F2NO2.2C5H5.Ti/c2*1-15-7-9-16(10-8-15)21(26)14-25(20-12-11-18(23)13-19(20)24)22(27)17-5-3-2-4-6-17;2*1-2-4-5-3-1;/h2*2-12H,14H2,1H3;2*1-3H,4H2;/q4*-1;+4. The number of ketones is 2. The van der Waals surface area contributed by atoms with Gasteiger partial charge in [0.2, 0.25) is 11.8 Å². The summed E-state index contributed by atoms with van der Waals surface area (Å²) in [6, 6.07) is 38.2. The second-order valence-corrected chi connectivity index (χ2v) is 14.1. The number of Topliss-reactive ketones (excluding diaryl/α,β-unsaturated/α-hetero) is 2. The van der Waals surface area contributed by atoms with Crippen molar-refractivity contribution >= 4 is 34.8 Å². The van der Waals surface area contributed by atoms with E-state index in [0.717, 1.165) is 58.0 Å². The summed E-state index contributed by atoms with van der Waals surface area (Å²) < 4.78 is 55.0. The van der Waals surface area contributed by atoms with Crippen molar-refractivity contribution in [3.8, 4) is 0 Å². The number of carbonyl (C=O) groups excluding carboxylic acids is 4. The number of allylic oxidation sites excluding steroid dienone is 8. The van der Waals surface area contributed by atoms with Gasteiger partial charge < -0.3 is 9.80 Å². The molecule has 0 saturated carbocycles. The molecule has 0 saturated heterocycles. The van der Waals surface area contributed by atoms with Gasteiger partial charge >= 0.3 is 21.7 Å². The van der Waals surface area contributed by atoms with E-state index in [1.807, 2.05) is 50.3 Å². The van der Waals surface area contributed by atoms with Gasteiger partial charge in [0.15, 0.2) is 11.6 Å². The molecule has 2 aliphatic carbocycles. The van der Waals surface area contributed by atoms with E-state index >= 15 is 0 Å². The van der Waals surface area contributed by atoms with Crippen molar-refractivity contribution in [2.45, 2.75) is 26.7 Å². The van der Waals surface area contributed by atoms with Crippen molar-refractivity contribution in [1.82, 2.24) is 0 Å². The van der Waals surface area contributed by atoms with E-state index in [9.17, 15) is 36.7 Å². The predicted octanol–water partition coefficient (Wildman–Crippen LogP) is 11.8. The number of halogens is 4. The van der Waals surface area contributed by atoms with Gasteiger partial charge in [-0.15, -0.1) is 49.2 Å². The third kappa shape index (κ3) is 15.6. The number of carbonyl (C=O) groups is 4. The van der Waals surface area contributed by atoms with Crippen molar-refractivity contribution in [3.05, 3.63) is 251 Å². The van der Waals surface area contributed by atoms with Crippen molar-refractivity contribution in [2.75, 3.05) is 22.9 Å². The largest absolute Gasteiger partial charge is 4.00 e. The molecule has 2 aliphatic rings. The third-order valence-corrected chi connectivity index (χ3v) is 9.32. The van der Waals surface area contributed by atoms with Gasteiger partial charge in [0.25, 0.3) is 0 Å². The van der Waals surface area contributed by atoms with Gasteiger partial charge in [-0.3, -0.25) is 31.3 Å². The van der Waals surface area contributed by atoms with Gasteiger partial charge in [-0.1, -0.05) is 96.1 Å². The van der Waals surface area contributed by atoms with Crippen LogP contribution in [0.5, 0.6) is 0 Å². The Hall–Kier alpha value is -7.01. The Labute approximate surface area is 391 Å². The van der Waals surface area contributed by atoms with Gasteiger partial charge in [0, 0.05) is 45.5 Å². The van der Waals surface area contributed by atoms with Crippen LogP contribution in [0.25, 0.3) is 0 Å². The predicted molar refractivity (Wildman–Crippen MR) is 241 cm³/mol. The molecule has 0 aromatic heterocycles. The first-order valence-corrected chi connectivity index (χ1v) is 20.0. The maximum Gasteiger partial charge on any atom is 4.00 e. The number of rotatable bonds is 10. The van der Waals surface area contributed by atoms with E-state index < -0.39 is 35.1 Å². The van der Waals surface area contributed by atoms with Gasteiger partial charge in [-0.05, 0) is 49.5 Å². The minimum atomic E-state index is -1.03. The fourth-order valence-electron chi connectivity index (χ4n) is 5.92. The van der Waals surface area contributed by atoms with Crippen molar-refractivity contribution in [2.24, 2.45) is 0 Å². The van der Waals surface area contributed by atoms with E-state index in [1.54, 1.807) is 109 Å². The summed E-state index contributed by atoms with van der Waals surface area (Å²) in [6.07, 6.45) is 20.0. The minimum Gasteiger partial charge on any atom is -0.352 e. The van der Waals surface area contributed by atoms with Gasteiger partial charge in [-0.25, -0.2) is 41.9 Å². The van der Waals surface area contributed by atoms with Crippen molar-refractivity contribution in [1.29, 1.82) is 0 Å². The molecule has 6 nitrogen and oxygen atoms in total. The molecule has 6 aromatic rings. The van der Waals surface area contributed by atoms with Crippen LogP contribution in [-0.4, -0.2) is 36.5 Å². The fourth-order valence-corrected chi connectivity index (χ4v) is 5.92.